The van der Waals surface area contributed by atoms with Crippen molar-refractivity contribution in [3.63, 3.8) is 0 Å². The molecule has 0 saturated carbocycles. The molecule has 1 fully saturated rings. The molecule has 26 heavy (non-hydrogen) atoms. The maximum atomic E-state index is 5.24. The minimum absolute atomic E-state index is 0.309. The van der Waals surface area contributed by atoms with Gasteiger partial charge >= 0.3 is 0 Å². The topological polar surface area (TPSA) is 50.3 Å². The summed E-state index contributed by atoms with van der Waals surface area (Å²) in [6.45, 7) is 7.39. The number of ether oxygens (including phenoxy) is 1. The third-order valence-corrected chi connectivity index (χ3v) is 5.11. The van der Waals surface area contributed by atoms with E-state index >= 15 is 0 Å². The molecule has 1 aliphatic heterocycles. The number of hydrogen-bond acceptors (Lipinski definition) is 5. The highest BCUT2D eigenvalue weighted by Gasteiger charge is 2.18. The molecule has 2 atom stereocenters. The first kappa shape index (κ1) is 18.6. The number of piperidine rings is 1. The third-order valence-electron chi connectivity index (χ3n) is 5.11. The molecule has 0 amide bonds. The zero-order valence-corrected chi connectivity index (χ0v) is 16.1. The van der Waals surface area contributed by atoms with E-state index in [0.717, 1.165) is 49.2 Å². The molecule has 0 radical (unpaired) electrons. The van der Waals surface area contributed by atoms with Gasteiger partial charge in [0.05, 0.1) is 7.11 Å². The Morgan fingerprint density at radius 3 is 2.58 bits per heavy atom. The number of nitrogens with zero attached hydrogens (tertiary/aromatic N) is 3. The maximum Gasteiger partial charge on any atom is 0.225 e. The Bertz CT molecular complexity index is 671. The van der Waals surface area contributed by atoms with E-state index < -0.39 is 0 Å². The normalized spacial score (nSPS) is 18.6. The van der Waals surface area contributed by atoms with Crippen molar-refractivity contribution in [2.75, 3.05) is 25.1 Å². The summed E-state index contributed by atoms with van der Waals surface area (Å²) in [4.78, 5) is 11.5. The van der Waals surface area contributed by atoms with Crippen LogP contribution in [0.25, 0.3) is 0 Å². The molecule has 1 saturated heterocycles. The molecule has 5 heteroatoms. The van der Waals surface area contributed by atoms with Crippen LogP contribution < -0.4 is 15.0 Å². The standard InChI is InChI=1S/C21H30N4O/c1-4-20(18-7-9-19(26-3)10-8-18)22-12-17-13-23-21(24-14-17)25-11-5-6-16(2)15-25/h7-10,13-14,16,20,22H,4-6,11-12,15H2,1-3H3/t16-,20+/m1/s1. The first-order valence-electron chi connectivity index (χ1n) is 9.62. The molecule has 5 nitrogen and oxygen atoms in total. The van der Waals surface area contributed by atoms with Crippen LogP contribution in [0.4, 0.5) is 5.95 Å². The predicted molar refractivity (Wildman–Crippen MR) is 106 cm³/mol. The molecule has 1 aromatic carbocycles. The molecular formula is C21H30N4O. The molecule has 3 rings (SSSR count). The van der Waals surface area contributed by atoms with Crippen LogP contribution in [0, 0.1) is 5.92 Å². The Hall–Kier alpha value is -2.14. The van der Waals surface area contributed by atoms with Gasteiger partial charge < -0.3 is 15.0 Å². The van der Waals surface area contributed by atoms with Crippen LogP contribution in [-0.4, -0.2) is 30.2 Å². The van der Waals surface area contributed by atoms with Gasteiger partial charge in [-0.25, -0.2) is 9.97 Å². The van der Waals surface area contributed by atoms with Gasteiger partial charge in [-0.1, -0.05) is 26.0 Å². The monoisotopic (exact) mass is 354 g/mol. The number of anilines is 1. The van der Waals surface area contributed by atoms with Crippen molar-refractivity contribution in [1.82, 2.24) is 15.3 Å². The van der Waals surface area contributed by atoms with Crippen LogP contribution in [0.15, 0.2) is 36.7 Å². The third kappa shape index (κ3) is 4.73. The lowest BCUT2D eigenvalue weighted by Gasteiger charge is -2.30. The van der Waals surface area contributed by atoms with Gasteiger partial charge in [0.2, 0.25) is 5.95 Å². The van der Waals surface area contributed by atoms with E-state index in [1.54, 1.807) is 7.11 Å². The first-order valence-corrected chi connectivity index (χ1v) is 9.62. The Morgan fingerprint density at radius 2 is 1.96 bits per heavy atom. The fourth-order valence-corrected chi connectivity index (χ4v) is 3.55. The summed E-state index contributed by atoms with van der Waals surface area (Å²) in [6.07, 6.45) is 7.47. The van der Waals surface area contributed by atoms with E-state index in [0.29, 0.717) is 6.04 Å². The van der Waals surface area contributed by atoms with Gasteiger partial charge in [0.15, 0.2) is 0 Å². The van der Waals surface area contributed by atoms with Crippen molar-refractivity contribution >= 4 is 5.95 Å². The van der Waals surface area contributed by atoms with E-state index in [2.05, 4.69) is 46.2 Å². The number of aromatic nitrogens is 2. The average Bonchev–Trinajstić information content (AvgIpc) is 2.69. The molecule has 2 heterocycles. The molecule has 0 spiro atoms. The summed E-state index contributed by atoms with van der Waals surface area (Å²) < 4.78 is 5.24. The van der Waals surface area contributed by atoms with Gasteiger partial charge in [-0.2, -0.15) is 0 Å². The van der Waals surface area contributed by atoms with E-state index in [1.165, 1.54) is 18.4 Å². The molecule has 1 aromatic heterocycles. The van der Waals surface area contributed by atoms with E-state index in [4.69, 9.17) is 4.74 Å². The molecule has 1 aliphatic rings. The largest absolute Gasteiger partial charge is 0.497 e. The number of hydrogen-bond donors (Lipinski definition) is 1. The van der Waals surface area contributed by atoms with E-state index in [1.807, 2.05) is 24.5 Å². The number of nitrogens with one attached hydrogen (secondary N) is 1. The van der Waals surface area contributed by atoms with Crippen molar-refractivity contribution in [3.8, 4) is 5.75 Å². The second-order valence-electron chi connectivity index (χ2n) is 7.20. The highest BCUT2D eigenvalue weighted by atomic mass is 16.5. The average molecular weight is 354 g/mol. The number of rotatable bonds is 7. The minimum atomic E-state index is 0.309. The zero-order chi connectivity index (χ0) is 18.4. The summed E-state index contributed by atoms with van der Waals surface area (Å²) in [5, 5.41) is 3.61. The summed E-state index contributed by atoms with van der Waals surface area (Å²) >= 11 is 0. The van der Waals surface area contributed by atoms with Gasteiger partial charge in [0, 0.05) is 43.6 Å². The molecule has 140 valence electrons. The van der Waals surface area contributed by atoms with Crippen molar-refractivity contribution in [3.05, 3.63) is 47.8 Å². The lowest BCUT2D eigenvalue weighted by molar-refractivity contribution is 0.414. The van der Waals surface area contributed by atoms with Gasteiger partial charge in [0.25, 0.3) is 0 Å². The molecular weight excluding hydrogens is 324 g/mol. The van der Waals surface area contributed by atoms with Gasteiger partial charge in [-0.3, -0.25) is 0 Å². The Kier molecular flexibility index (Phi) is 6.45. The Morgan fingerprint density at radius 1 is 1.23 bits per heavy atom. The van der Waals surface area contributed by atoms with Gasteiger partial charge in [0.1, 0.15) is 5.75 Å². The summed E-state index contributed by atoms with van der Waals surface area (Å²) in [6, 6.07) is 8.58. The first-order chi connectivity index (χ1) is 12.7. The molecule has 0 bridgehead atoms. The fraction of sp³-hybridized carbons (Fsp3) is 0.524. The van der Waals surface area contributed by atoms with Crippen LogP contribution >= 0.6 is 0 Å². The second kappa shape index (κ2) is 8.99. The van der Waals surface area contributed by atoms with Gasteiger partial charge in [-0.15, -0.1) is 0 Å². The van der Waals surface area contributed by atoms with Crippen LogP contribution in [-0.2, 0) is 6.54 Å². The predicted octanol–water partition coefficient (Wildman–Crippen LogP) is 3.96. The van der Waals surface area contributed by atoms with Crippen molar-refractivity contribution in [2.24, 2.45) is 5.92 Å². The van der Waals surface area contributed by atoms with E-state index in [-0.39, 0.29) is 0 Å². The van der Waals surface area contributed by atoms with Crippen LogP contribution in [0.5, 0.6) is 5.75 Å². The van der Waals surface area contributed by atoms with Crippen molar-refractivity contribution in [2.45, 2.75) is 45.7 Å². The Balaban J connectivity index is 1.57. The van der Waals surface area contributed by atoms with Crippen LogP contribution in [0.3, 0.4) is 0 Å². The molecule has 1 N–H and O–H groups in total. The van der Waals surface area contributed by atoms with Crippen molar-refractivity contribution < 1.29 is 4.74 Å². The van der Waals surface area contributed by atoms with E-state index in [9.17, 15) is 0 Å². The highest BCUT2D eigenvalue weighted by Crippen LogP contribution is 2.21. The summed E-state index contributed by atoms with van der Waals surface area (Å²) in [5.41, 5.74) is 2.39. The lowest BCUT2D eigenvalue weighted by atomic mass is 10.0. The second-order valence-corrected chi connectivity index (χ2v) is 7.20. The molecule has 0 aliphatic carbocycles. The minimum Gasteiger partial charge on any atom is -0.497 e. The molecule has 2 aromatic rings. The SMILES string of the molecule is CC[C@H](NCc1cnc(N2CCC[C@@H](C)C2)nc1)c1ccc(OC)cc1. The van der Waals surface area contributed by atoms with Crippen molar-refractivity contribution in [1.29, 1.82) is 0 Å². The van der Waals surface area contributed by atoms with Crippen LogP contribution in [0.1, 0.15) is 50.3 Å². The smallest absolute Gasteiger partial charge is 0.225 e. The maximum absolute atomic E-state index is 5.24. The quantitative estimate of drug-likeness (QED) is 0.815. The number of benzene rings is 1. The zero-order valence-electron chi connectivity index (χ0n) is 16.1. The summed E-state index contributed by atoms with van der Waals surface area (Å²) in [5.74, 6) is 2.48. The highest BCUT2D eigenvalue weighted by molar-refractivity contribution is 5.31. The Labute approximate surface area is 156 Å². The van der Waals surface area contributed by atoms with Gasteiger partial charge in [-0.05, 0) is 42.9 Å². The number of methoxy groups -OCH3 is 1. The fourth-order valence-electron chi connectivity index (χ4n) is 3.55. The molecule has 0 unspecified atom stereocenters. The summed E-state index contributed by atoms with van der Waals surface area (Å²) in [7, 11) is 1.69. The van der Waals surface area contributed by atoms with Crippen LogP contribution in [0.2, 0.25) is 0 Å². The lowest BCUT2D eigenvalue weighted by Crippen LogP contribution is -2.35.